The van der Waals surface area contributed by atoms with Gasteiger partial charge in [0, 0.05) is 11.1 Å². The first-order chi connectivity index (χ1) is 16.7. The SMILES string of the molecule is COc1cc(C=O)ccc1OCc1ccccc1.O=Cc1ccc(OCc2ccccc2)cc1. The van der Waals surface area contributed by atoms with E-state index in [0.29, 0.717) is 35.8 Å². The highest BCUT2D eigenvalue weighted by atomic mass is 16.5. The fraction of sp³-hybridized carbons (Fsp3) is 0.103. The Bertz CT molecular complexity index is 1160. The molecule has 0 saturated carbocycles. The van der Waals surface area contributed by atoms with Crippen molar-refractivity contribution in [2.24, 2.45) is 0 Å². The van der Waals surface area contributed by atoms with Crippen LogP contribution in [0.15, 0.2) is 103 Å². The van der Waals surface area contributed by atoms with Gasteiger partial charge in [0.1, 0.15) is 31.5 Å². The third-order valence-electron chi connectivity index (χ3n) is 4.83. The number of hydrogen-bond donors (Lipinski definition) is 0. The van der Waals surface area contributed by atoms with E-state index in [1.54, 1.807) is 49.6 Å². The molecule has 0 spiro atoms. The zero-order valence-electron chi connectivity index (χ0n) is 18.9. The third-order valence-corrected chi connectivity index (χ3v) is 4.83. The molecule has 0 radical (unpaired) electrons. The Kier molecular flexibility index (Phi) is 9.44. The number of aldehydes is 2. The summed E-state index contributed by atoms with van der Waals surface area (Å²) in [5.41, 5.74) is 3.44. The van der Waals surface area contributed by atoms with Gasteiger partial charge in [-0.15, -0.1) is 0 Å². The first kappa shape index (κ1) is 24.3. The quantitative estimate of drug-likeness (QED) is 0.283. The number of rotatable bonds is 9. The Hall–Kier alpha value is -4.38. The van der Waals surface area contributed by atoms with Crippen LogP contribution in [0.5, 0.6) is 17.2 Å². The fourth-order valence-electron chi connectivity index (χ4n) is 3.00. The van der Waals surface area contributed by atoms with E-state index >= 15 is 0 Å². The Labute approximate surface area is 199 Å². The summed E-state index contributed by atoms with van der Waals surface area (Å²) in [7, 11) is 1.55. The van der Waals surface area contributed by atoms with Crippen molar-refractivity contribution in [3.63, 3.8) is 0 Å². The van der Waals surface area contributed by atoms with Gasteiger partial charge in [-0.05, 0) is 53.6 Å². The molecular formula is C29H26O5. The van der Waals surface area contributed by atoms with Crippen LogP contribution in [0, 0.1) is 0 Å². The van der Waals surface area contributed by atoms with Crippen LogP contribution in [0.25, 0.3) is 0 Å². The van der Waals surface area contributed by atoms with Crippen molar-refractivity contribution in [2.75, 3.05) is 7.11 Å². The van der Waals surface area contributed by atoms with Crippen LogP contribution in [0.4, 0.5) is 0 Å². The molecule has 0 aliphatic rings. The fourth-order valence-corrected chi connectivity index (χ4v) is 3.00. The van der Waals surface area contributed by atoms with Crippen LogP contribution >= 0.6 is 0 Å². The lowest BCUT2D eigenvalue weighted by Crippen LogP contribution is -1.98. The summed E-state index contributed by atoms with van der Waals surface area (Å²) in [4.78, 5) is 21.1. The molecule has 4 aromatic carbocycles. The number of benzene rings is 4. The predicted octanol–water partition coefficient (Wildman–Crippen LogP) is 6.16. The van der Waals surface area contributed by atoms with Crippen LogP contribution in [0.2, 0.25) is 0 Å². The Morgan fingerprint density at radius 2 is 1.12 bits per heavy atom. The molecule has 4 aromatic rings. The van der Waals surface area contributed by atoms with E-state index in [9.17, 15) is 9.59 Å². The minimum Gasteiger partial charge on any atom is -0.493 e. The van der Waals surface area contributed by atoms with E-state index in [1.807, 2.05) is 60.7 Å². The first-order valence-electron chi connectivity index (χ1n) is 10.7. The number of ether oxygens (including phenoxy) is 3. The lowest BCUT2D eigenvalue weighted by atomic mass is 10.2. The van der Waals surface area contributed by atoms with Gasteiger partial charge in [0.05, 0.1) is 7.11 Å². The van der Waals surface area contributed by atoms with Crippen molar-refractivity contribution in [1.29, 1.82) is 0 Å². The molecule has 0 aromatic heterocycles. The highest BCUT2D eigenvalue weighted by Crippen LogP contribution is 2.28. The molecule has 34 heavy (non-hydrogen) atoms. The lowest BCUT2D eigenvalue weighted by Gasteiger charge is -2.10. The Morgan fingerprint density at radius 1 is 0.588 bits per heavy atom. The summed E-state index contributed by atoms with van der Waals surface area (Å²) in [6, 6.07) is 32.0. The van der Waals surface area contributed by atoms with Crippen LogP contribution in [0.3, 0.4) is 0 Å². The van der Waals surface area contributed by atoms with Crippen molar-refractivity contribution in [2.45, 2.75) is 13.2 Å². The smallest absolute Gasteiger partial charge is 0.161 e. The van der Waals surface area contributed by atoms with Crippen molar-refractivity contribution in [3.8, 4) is 17.2 Å². The van der Waals surface area contributed by atoms with Crippen LogP contribution in [-0.4, -0.2) is 19.7 Å². The molecule has 0 aliphatic carbocycles. The molecule has 0 atom stereocenters. The second kappa shape index (κ2) is 13.2. The van der Waals surface area contributed by atoms with Gasteiger partial charge in [-0.2, -0.15) is 0 Å². The van der Waals surface area contributed by atoms with Gasteiger partial charge in [-0.3, -0.25) is 9.59 Å². The monoisotopic (exact) mass is 454 g/mol. The Balaban J connectivity index is 0.000000192. The summed E-state index contributed by atoms with van der Waals surface area (Å²) >= 11 is 0. The molecule has 0 saturated heterocycles. The molecule has 0 unspecified atom stereocenters. The second-order valence-electron chi connectivity index (χ2n) is 7.26. The maximum atomic E-state index is 10.7. The van der Waals surface area contributed by atoms with E-state index in [2.05, 4.69) is 0 Å². The molecular weight excluding hydrogens is 428 g/mol. The second-order valence-corrected chi connectivity index (χ2v) is 7.26. The van der Waals surface area contributed by atoms with E-state index < -0.39 is 0 Å². The van der Waals surface area contributed by atoms with Gasteiger partial charge in [-0.1, -0.05) is 60.7 Å². The van der Waals surface area contributed by atoms with E-state index in [4.69, 9.17) is 14.2 Å². The van der Waals surface area contributed by atoms with Crippen LogP contribution < -0.4 is 14.2 Å². The average molecular weight is 455 g/mol. The molecule has 4 rings (SSSR count). The van der Waals surface area contributed by atoms with Gasteiger partial charge >= 0.3 is 0 Å². The van der Waals surface area contributed by atoms with Crippen molar-refractivity contribution in [3.05, 3.63) is 125 Å². The molecule has 0 amide bonds. The average Bonchev–Trinajstić information content (AvgIpc) is 2.92. The minimum atomic E-state index is 0.470. The van der Waals surface area contributed by atoms with Crippen molar-refractivity contribution in [1.82, 2.24) is 0 Å². The summed E-state index contributed by atoms with van der Waals surface area (Å²) in [5.74, 6) is 1.97. The zero-order chi connectivity index (χ0) is 24.0. The number of hydrogen-bond acceptors (Lipinski definition) is 5. The standard InChI is InChI=1S/C15H14O3.C14H12O2/c1-17-15-9-13(10-16)7-8-14(15)18-11-12-5-3-2-4-6-12;15-10-12-6-8-14(9-7-12)16-11-13-4-2-1-3-5-13/h2-10H,11H2,1H3;1-10H,11H2. The van der Waals surface area contributed by atoms with E-state index in [0.717, 1.165) is 29.4 Å². The summed E-state index contributed by atoms with van der Waals surface area (Å²) < 4.78 is 16.4. The molecule has 0 N–H and O–H groups in total. The minimum absolute atomic E-state index is 0.470. The summed E-state index contributed by atoms with van der Waals surface area (Å²) in [5, 5.41) is 0. The van der Waals surface area contributed by atoms with Gasteiger partial charge in [-0.25, -0.2) is 0 Å². The molecule has 0 aliphatic heterocycles. The molecule has 5 heteroatoms. The predicted molar refractivity (Wildman–Crippen MR) is 132 cm³/mol. The zero-order valence-corrected chi connectivity index (χ0v) is 18.9. The summed E-state index contributed by atoms with van der Waals surface area (Å²) in [6.07, 6.45) is 1.60. The molecule has 172 valence electrons. The van der Waals surface area contributed by atoms with Crippen molar-refractivity contribution < 1.29 is 23.8 Å². The van der Waals surface area contributed by atoms with Gasteiger partial charge in [0.15, 0.2) is 11.5 Å². The number of methoxy groups -OCH3 is 1. The largest absolute Gasteiger partial charge is 0.493 e. The number of carbonyl (C=O) groups excluding carboxylic acids is 2. The molecule has 5 nitrogen and oxygen atoms in total. The molecule has 0 heterocycles. The highest BCUT2D eigenvalue weighted by molar-refractivity contribution is 5.76. The summed E-state index contributed by atoms with van der Waals surface area (Å²) in [6.45, 7) is 1.01. The maximum Gasteiger partial charge on any atom is 0.161 e. The van der Waals surface area contributed by atoms with E-state index in [1.165, 1.54) is 0 Å². The third kappa shape index (κ3) is 7.64. The Morgan fingerprint density at radius 3 is 1.65 bits per heavy atom. The van der Waals surface area contributed by atoms with Crippen LogP contribution in [0.1, 0.15) is 31.8 Å². The normalized spacial score (nSPS) is 9.79. The lowest BCUT2D eigenvalue weighted by molar-refractivity contribution is 0.111. The van der Waals surface area contributed by atoms with Gasteiger partial charge < -0.3 is 14.2 Å². The topological polar surface area (TPSA) is 61.8 Å². The highest BCUT2D eigenvalue weighted by Gasteiger charge is 2.05. The van der Waals surface area contributed by atoms with Gasteiger partial charge in [0.25, 0.3) is 0 Å². The molecule has 0 bridgehead atoms. The molecule has 0 fully saturated rings. The van der Waals surface area contributed by atoms with Gasteiger partial charge in [0.2, 0.25) is 0 Å². The first-order valence-corrected chi connectivity index (χ1v) is 10.7. The number of carbonyl (C=O) groups is 2. The van der Waals surface area contributed by atoms with E-state index in [-0.39, 0.29) is 0 Å². The van der Waals surface area contributed by atoms with Crippen LogP contribution in [-0.2, 0) is 13.2 Å². The van der Waals surface area contributed by atoms with Crippen molar-refractivity contribution >= 4 is 12.6 Å². The maximum absolute atomic E-state index is 10.7.